The predicted molar refractivity (Wildman–Crippen MR) is 129 cm³/mol. The van der Waals surface area contributed by atoms with E-state index in [4.69, 9.17) is 11.6 Å². The van der Waals surface area contributed by atoms with Gasteiger partial charge in [0.15, 0.2) is 0 Å². The number of fused-ring (bicyclic) bond motifs is 1. The number of nitrogens with zero attached hydrogens (tertiary/aromatic N) is 4. The third kappa shape index (κ3) is 3.77. The predicted octanol–water partition coefficient (Wildman–Crippen LogP) is 4.78. The van der Waals surface area contributed by atoms with Gasteiger partial charge in [-0.15, -0.1) is 0 Å². The number of hydrogen-bond donors (Lipinski definition) is 2. The maximum atomic E-state index is 13.7. The lowest BCUT2D eigenvalue weighted by atomic mass is 10.1. The minimum absolute atomic E-state index is 0.377. The molecule has 0 bridgehead atoms. The van der Waals surface area contributed by atoms with Gasteiger partial charge in [-0.1, -0.05) is 17.7 Å². The Kier molecular flexibility index (Phi) is 5.63. The van der Waals surface area contributed by atoms with Gasteiger partial charge in [-0.3, -0.25) is 0 Å². The van der Waals surface area contributed by atoms with Crippen LogP contribution < -0.4 is 10.6 Å². The van der Waals surface area contributed by atoms with E-state index in [0.29, 0.717) is 45.9 Å². The molecule has 5 rings (SSSR count). The number of H-pyrrole nitrogens is 1. The van der Waals surface area contributed by atoms with Crippen LogP contribution >= 0.6 is 18.7 Å². The third-order valence-corrected chi connectivity index (χ3v) is 10.0. The van der Waals surface area contributed by atoms with E-state index in [1.54, 1.807) is 12.3 Å². The zero-order chi connectivity index (χ0) is 22.3. The van der Waals surface area contributed by atoms with Crippen molar-refractivity contribution in [1.82, 2.24) is 20.3 Å². The number of benzene rings is 1. The molecule has 1 aromatic carbocycles. The van der Waals surface area contributed by atoms with Crippen LogP contribution in [0, 0.1) is 11.3 Å². The molecule has 0 unspecified atom stereocenters. The van der Waals surface area contributed by atoms with Gasteiger partial charge >= 0.3 is 0 Å². The van der Waals surface area contributed by atoms with Crippen LogP contribution in [0.5, 0.6) is 0 Å². The van der Waals surface area contributed by atoms with Crippen LogP contribution in [0.25, 0.3) is 22.2 Å². The number of nitrogens with one attached hydrogen (secondary N) is 2. The topological polar surface area (TPSA) is 107 Å². The Morgan fingerprint density at radius 3 is 2.84 bits per heavy atom. The molecular formula is C23H24ClN6OP. The van der Waals surface area contributed by atoms with Crippen LogP contribution in [-0.4, -0.2) is 45.6 Å². The van der Waals surface area contributed by atoms with Crippen molar-refractivity contribution in [2.75, 3.05) is 18.9 Å². The monoisotopic (exact) mass is 466 g/mol. The fraction of sp³-hybridized carbons (Fsp3) is 0.391. The Balaban J connectivity index is 1.61. The Morgan fingerprint density at radius 1 is 1.31 bits per heavy atom. The van der Waals surface area contributed by atoms with Crippen molar-refractivity contribution in [2.45, 2.75) is 38.6 Å². The average molecular weight is 467 g/mol. The molecule has 2 saturated heterocycles. The average Bonchev–Trinajstić information content (AvgIpc) is 3.43. The van der Waals surface area contributed by atoms with Gasteiger partial charge in [0.2, 0.25) is 5.95 Å². The molecule has 32 heavy (non-hydrogen) atoms. The van der Waals surface area contributed by atoms with Gasteiger partial charge in [0.25, 0.3) is 0 Å². The SMILES string of the molecule is C[C@H]1CC/C(=N\c2ncc(Cl)c(-c3c[nH]c4c(P5(=O)CCCC5)c(C#N)ccc34)n2)CN1. The van der Waals surface area contributed by atoms with E-state index < -0.39 is 7.14 Å². The van der Waals surface area contributed by atoms with E-state index in [9.17, 15) is 9.83 Å². The summed E-state index contributed by atoms with van der Waals surface area (Å²) in [5, 5.41) is 15.0. The van der Waals surface area contributed by atoms with Gasteiger partial charge in [0, 0.05) is 47.8 Å². The highest BCUT2D eigenvalue weighted by molar-refractivity contribution is 7.72. The first-order chi connectivity index (χ1) is 15.5. The summed E-state index contributed by atoms with van der Waals surface area (Å²) in [4.78, 5) is 16.9. The van der Waals surface area contributed by atoms with Gasteiger partial charge in [-0.2, -0.15) is 5.26 Å². The smallest absolute Gasteiger partial charge is 0.249 e. The molecule has 2 aliphatic rings. The summed E-state index contributed by atoms with van der Waals surface area (Å²) in [6.07, 6.45) is 8.51. The molecule has 7 nitrogen and oxygen atoms in total. The number of aromatic nitrogens is 3. The number of hydrogen-bond acceptors (Lipinski definition) is 6. The van der Waals surface area contributed by atoms with Gasteiger partial charge in [0.05, 0.1) is 39.4 Å². The molecule has 2 N–H and O–H groups in total. The molecule has 2 aromatic heterocycles. The van der Waals surface area contributed by atoms with Crippen LogP contribution in [0.15, 0.2) is 29.5 Å². The molecule has 0 saturated carbocycles. The molecule has 0 spiro atoms. The van der Waals surface area contributed by atoms with Gasteiger partial charge in [0.1, 0.15) is 7.14 Å². The first-order valence-corrected chi connectivity index (χ1v) is 13.4. The van der Waals surface area contributed by atoms with Gasteiger partial charge in [-0.25, -0.2) is 15.0 Å². The van der Waals surface area contributed by atoms with Crippen LogP contribution in [0.1, 0.15) is 38.2 Å². The van der Waals surface area contributed by atoms with E-state index in [2.05, 4.69) is 38.3 Å². The third-order valence-electron chi connectivity index (χ3n) is 6.41. The van der Waals surface area contributed by atoms with Crippen molar-refractivity contribution in [2.24, 2.45) is 4.99 Å². The normalized spacial score (nSPS) is 21.8. The fourth-order valence-corrected chi connectivity index (χ4v) is 8.15. The van der Waals surface area contributed by atoms with Crippen LogP contribution in [0.3, 0.4) is 0 Å². The number of aliphatic imine (C=N–C) groups is 1. The second-order valence-electron chi connectivity index (χ2n) is 8.61. The lowest BCUT2D eigenvalue weighted by Crippen LogP contribution is -2.37. The standard InChI is InChI=1S/C23H24ClN6OP/c1-14-4-6-16(11-26-14)29-23-28-13-19(24)20(30-23)18-12-27-21-17(18)7-5-15(10-25)22(21)32(31)8-2-3-9-32/h5,7,12-14,26-27H,2-4,6,8-9,11H2,1H3/b29-16+/t14-/m0/s1. The number of halogens is 1. The number of aromatic amines is 1. The molecular weight excluding hydrogens is 443 g/mol. The summed E-state index contributed by atoms with van der Waals surface area (Å²) in [5.74, 6) is 0.377. The number of rotatable bonds is 3. The zero-order valence-corrected chi connectivity index (χ0v) is 19.5. The Labute approximate surface area is 191 Å². The second kappa shape index (κ2) is 8.44. The Bertz CT molecular complexity index is 1300. The molecule has 9 heteroatoms. The van der Waals surface area contributed by atoms with Crippen LogP contribution in [0.2, 0.25) is 5.02 Å². The molecule has 164 valence electrons. The highest BCUT2D eigenvalue weighted by Crippen LogP contribution is 2.53. The molecule has 2 aliphatic heterocycles. The second-order valence-corrected chi connectivity index (χ2v) is 12.1. The minimum Gasteiger partial charge on any atom is -0.360 e. The van der Waals surface area contributed by atoms with Crippen molar-refractivity contribution >= 4 is 46.6 Å². The first kappa shape index (κ1) is 21.3. The quantitative estimate of drug-likeness (QED) is 0.540. The van der Waals surface area contributed by atoms with Gasteiger partial charge in [-0.05, 0) is 38.7 Å². The van der Waals surface area contributed by atoms with Crippen molar-refractivity contribution in [3.63, 3.8) is 0 Å². The molecule has 0 amide bonds. The summed E-state index contributed by atoms with van der Waals surface area (Å²) in [7, 11) is -2.60. The van der Waals surface area contributed by atoms with Crippen LogP contribution in [-0.2, 0) is 4.57 Å². The van der Waals surface area contributed by atoms with Crippen molar-refractivity contribution in [3.8, 4) is 17.3 Å². The summed E-state index contributed by atoms with van der Waals surface area (Å²) >= 11 is 6.50. The van der Waals surface area contributed by atoms with Crippen molar-refractivity contribution in [3.05, 3.63) is 35.1 Å². The first-order valence-electron chi connectivity index (χ1n) is 10.9. The molecule has 0 radical (unpaired) electrons. The number of nitriles is 1. The Hall–Kier alpha value is -2.52. The highest BCUT2D eigenvalue weighted by atomic mass is 35.5. The fourth-order valence-electron chi connectivity index (χ4n) is 4.67. The van der Waals surface area contributed by atoms with Crippen LogP contribution in [0.4, 0.5) is 5.95 Å². The van der Waals surface area contributed by atoms with Gasteiger partial charge < -0.3 is 14.9 Å². The largest absolute Gasteiger partial charge is 0.360 e. The van der Waals surface area contributed by atoms with E-state index >= 15 is 0 Å². The van der Waals surface area contributed by atoms with E-state index in [0.717, 1.165) is 54.4 Å². The molecule has 4 heterocycles. The summed E-state index contributed by atoms with van der Waals surface area (Å²) in [5.41, 5.74) is 3.62. The maximum absolute atomic E-state index is 13.7. The summed E-state index contributed by atoms with van der Waals surface area (Å²) in [6, 6.07) is 6.37. The maximum Gasteiger partial charge on any atom is 0.249 e. The molecule has 3 aromatic rings. The summed E-state index contributed by atoms with van der Waals surface area (Å²) < 4.78 is 13.7. The molecule has 2 fully saturated rings. The lowest BCUT2D eigenvalue weighted by Gasteiger charge is -2.20. The minimum atomic E-state index is -2.60. The van der Waals surface area contributed by atoms with Crippen molar-refractivity contribution < 1.29 is 4.57 Å². The van der Waals surface area contributed by atoms with E-state index in [1.165, 1.54) is 0 Å². The molecule has 0 aliphatic carbocycles. The van der Waals surface area contributed by atoms with E-state index in [1.807, 2.05) is 12.3 Å². The van der Waals surface area contributed by atoms with Crippen molar-refractivity contribution in [1.29, 1.82) is 5.26 Å². The highest BCUT2D eigenvalue weighted by Gasteiger charge is 2.34. The number of piperidine rings is 1. The Morgan fingerprint density at radius 2 is 2.12 bits per heavy atom. The summed E-state index contributed by atoms with van der Waals surface area (Å²) in [6.45, 7) is 2.89. The zero-order valence-electron chi connectivity index (χ0n) is 17.9. The van der Waals surface area contributed by atoms with E-state index in [-0.39, 0.29) is 0 Å². The molecule has 1 atom stereocenters. The lowest BCUT2D eigenvalue weighted by molar-refractivity contribution is 0.528.